The molecule has 224 valence electrons. The van der Waals surface area contributed by atoms with Gasteiger partial charge in [-0.25, -0.2) is 0 Å². The number of nitriles is 2. The van der Waals surface area contributed by atoms with E-state index in [-0.39, 0.29) is 47.1 Å². The van der Waals surface area contributed by atoms with E-state index >= 15 is 0 Å². The number of benzene rings is 2. The van der Waals surface area contributed by atoms with Crippen LogP contribution in [0.25, 0.3) is 11.5 Å². The summed E-state index contributed by atoms with van der Waals surface area (Å²) in [6, 6.07) is 10.4. The van der Waals surface area contributed by atoms with E-state index in [1.54, 1.807) is 39.8 Å². The maximum absolute atomic E-state index is 12.0. The van der Waals surface area contributed by atoms with Gasteiger partial charge in [0.05, 0.1) is 21.0 Å². The van der Waals surface area contributed by atoms with Crippen molar-refractivity contribution in [2.45, 2.75) is 40.5 Å². The Morgan fingerprint density at radius 1 is 0.814 bits per heavy atom. The van der Waals surface area contributed by atoms with Crippen molar-refractivity contribution in [3.05, 3.63) is 88.9 Å². The molecule has 2 aromatic carbocycles. The molecule has 0 saturated heterocycles. The Morgan fingerprint density at radius 3 is 1.35 bits per heavy atom. The topological polar surface area (TPSA) is 208 Å². The average molecular weight is 644 g/mol. The summed E-state index contributed by atoms with van der Waals surface area (Å²) in [5, 5.41) is 60.6. The summed E-state index contributed by atoms with van der Waals surface area (Å²) in [6.45, 7) is 6.76. The third-order valence-electron chi connectivity index (χ3n) is 6.13. The fraction of sp³-hybridized carbons (Fsp3) is 0.286. The number of carbonyl (C=O) groups excluding carboxylic acids is 2. The SMILES string of the molecule is CCC(C)C(=O)C(C#N)=C(O)c1ccc(Cl)cc1[N+](=O)[O-].CCC(C)C(=O)C(C#N)=C(O)c1ccc(Cl)cc1[N+](=O)[O-].[H-].[H-].[Mg+2]. The number of Topliss-reactive ketones (excluding diaryl/α,β-unsaturated/α-hetero) is 2. The number of nitro benzene ring substituents is 2. The molecule has 0 amide bonds. The number of carbonyl (C=O) groups is 2. The zero-order valence-corrected chi connectivity index (χ0v) is 26.6. The van der Waals surface area contributed by atoms with Crippen molar-refractivity contribution >= 4 is 80.7 Å². The van der Waals surface area contributed by atoms with E-state index in [1.807, 2.05) is 0 Å². The Morgan fingerprint density at radius 2 is 1.12 bits per heavy atom. The number of hydrogen-bond acceptors (Lipinski definition) is 10. The second-order valence-corrected chi connectivity index (χ2v) is 9.73. The van der Waals surface area contributed by atoms with Gasteiger partial charge in [0.1, 0.15) is 23.3 Å². The largest absolute Gasteiger partial charge is 2.00 e. The van der Waals surface area contributed by atoms with E-state index in [2.05, 4.69) is 0 Å². The van der Waals surface area contributed by atoms with Gasteiger partial charge in [-0.05, 0) is 37.1 Å². The van der Waals surface area contributed by atoms with Crippen molar-refractivity contribution in [2.75, 3.05) is 0 Å². The second-order valence-electron chi connectivity index (χ2n) is 8.86. The Kier molecular flexibility index (Phi) is 16.2. The summed E-state index contributed by atoms with van der Waals surface area (Å²) < 4.78 is 0. The molecule has 2 unspecified atom stereocenters. The predicted molar refractivity (Wildman–Crippen MR) is 163 cm³/mol. The van der Waals surface area contributed by atoms with Crippen LogP contribution in [0.5, 0.6) is 0 Å². The van der Waals surface area contributed by atoms with Crippen LogP contribution < -0.4 is 0 Å². The molecule has 2 N–H and O–H groups in total. The first kappa shape index (κ1) is 39.0. The van der Waals surface area contributed by atoms with Gasteiger partial charge in [0, 0.05) is 34.0 Å². The molecular weight excluding hydrogens is 616 g/mol. The van der Waals surface area contributed by atoms with Crippen molar-refractivity contribution in [3.63, 3.8) is 0 Å². The molecule has 15 heteroatoms. The fourth-order valence-electron chi connectivity index (χ4n) is 3.29. The summed E-state index contributed by atoms with van der Waals surface area (Å²) in [7, 11) is 0. The smallest absolute Gasteiger partial charge is 1.00 e. The number of aliphatic hydroxyl groups excluding tert-OH is 2. The molecule has 0 saturated carbocycles. The third kappa shape index (κ3) is 10.0. The van der Waals surface area contributed by atoms with Crippen molar-refractivity contribution in [1.29, 1.82) is 10.5 Å². The number of nitro groups is 2. The Balaban J connectivity index is -0.000000735. The zero-order valence-electron chi connectivity index (χ0n) is 25.6. The van der Waals surface area contributed by atoms with Gasteiger partial charge in [-0.2, -0.15) is 10.5 Å². The predicted octanol–water partition coefficient (Wildman–Crippen LogP) is 7.16. The number of halogens is 2. The van der Waals surface area contributed by atoms with Crippen molar-refractivity contribution in [3.8, 4) is 12.1 Å². The van der Waals surface area contributed by atoms with E-state index < -0.39 is 67.3 Å². The molecule has 0 aromatic heterocycles. The van der Waals surface area contributed by atoms with Crippen LogP contribution in [-0.4, -0.2) is 54.7 Å². The van der Waals surface area contributed by atoms with E-state index in [4.69, 9.17) is 33.7 Å². The van der Waals surface area contributed by atoms with Gasteiger partial charge in [-0.1, -0.05) is 50.9 Å². The molecular formula is C28H28Cl2MgN4O8. The minimum Gasteiger partial charge on any atom is -1.00 e. The van der Waals surface area contributed by atoms with Gasteiger partial charge in [0.25, 0.3) is 11.4 Å². The molecule has 2 rings (SSSR count). The number of rotatable bonds is 10. The zero-order chi connectivity index (χ0) is 32.3. The summed E-state index contributed by atoms with van der Waals surface area (Å²) >= 11 is 11.4. The van der Waals surface area contributed by atoms with Gasteiger partial charge in [0.15, 0.2) is 23.1 Å². The maximum atomic E-state index is 12.0. The first-order chi connectivity index (χ1) is 19.7. The molecule has 0 bridgehead atoms. The average Bonchev–Trinajstić information content (AvgIpc) is 2.96. The quantitative estimate of drug-likeness (QED) is 0.0666. The minimum absolute atomic E-state index is 0. The van der Waals surface area contributed by atoms with Gasteiger partial charge < -0.3 is 13.1 Å². The van der Waals surface area contributed by atoms with Crippen molar-refractivity contribution < 1.29 is 32.5 Å². The Bertz CT molecular complexity index is 1460. The Hall–Kier alpha value is -4.01. The number of ketones is 2. The molecule has 43 heavy (non-hydrogen) atoms. The van der Waals surface area contributed by atoms with E-state index in [1.165, 1.54) is 24.3 Å². The van der Waals surface area contributed by atoms with Crippen LogP contribution in [0.1, 0.15) is 54.5 Å². The van der Waals surface area contributed by atoms with E-state index in [0.29, 0.717) is 12.8 Å². The van der Waals surface area contributed by atoms with Crippen molar-refractivity contribution in [2.24, 2.45) is 11.8 Å². The molecule has 0 heterocycles. The van der Waals surface area contributed by atoms with Crippen LogP contribution in [-0.2, 0) is 9.59 Å². The van der Waals surface area contributed by atoms with Crippen LogP contribution in [0.15, 0.2) is 47.5 Å². The number of allylic oxidation sites excluding steroid dienone is 2. The number of hydrogen-bond donors (Lipinski definition) is 2. The number of nitrogens with zero attached hydrogens (tertiary/aromatic N) is 4. The third-order valence-corrected chi connectivity index (χ3v) is 6.60. The maximum Gasteiger partial charge on any atom is 2.00 e. The van der Waals surface area contributed by atoms with Crippen LogP contribution in [0.2, 0.25) is 10.0 Å². The molecule has 0 aliphatic rings. The molecule has 0 aliphatic carbocycles. The monoisotopic (exact) mass is 642 g/mol. The van der Waals surface area contributed by atoms with Crippen LogP contribution in [0.3, 0.4) is 0 Å². The summed E-state index contributed by atoms with van der Waals surface area (Å²) in [5.41, 5.74) is -2.34. The van der Waals surface area contributed by atoms with Gasteiger partial charge in [-0.3, -0.25) is 29.8 Å². The van der Waals surface area contributed by atoms with Crippen molar-refractivity contribution in [1.82, 2.24) is 0 Å². The molecule has 0 radical (unpaired) electrons. The van der Waals surface area contributed by atoms with Gasteiger partial charge >= 0.3 is 23.1 Å². The standard InChI is InChI=1S/2C14H13ClN2O4.Mg.2H/c2*1-3-8(2)13(18)11(7-16)14(19)10-5-4-9(15)6-12(10)17(20)21;;;/h2*4-6,8,19H,3H2,1-2H3;;;/q;;+2;2*-1. The summed E-state index contributed by atoms with van der Waals surface area (Å²) in [4.78, 5) is 44.6. The first-order valence-corrected chi connectivity index (χ1v) is 13.1. The van der Waals surface area contributed by atoms with Crippen LogP contribution >= 0.6 is 23.2 Å². The molecule has 0 aliphatic heterocycles. The normalized spacial score (nSPS) is 12.7. The minimum atomic E-state index is -0.736. The van der Waals surface area contributed by atoms with Crippen LogP contribution in [0, 0.1) is 54.7 Å². The van der Waals surface area contributed by atoms with Gasteiger partial charge in [-0.15, -0.1) is 0 Å². The molecule has 2 aromatic rings. The second kappa shape index (κ2) is 17.8. The molecule has 0 spiro atoms. The van der Waals surface area contributed by atoms with Gasteiger partial charge in [0.2, 0.25) is 0 Å². The summed E-state index contributed by atoms with van der Waals surface area (Å²) in [5.74, 6) is -3.44. The molecule has 12 nitrogen and oxygen atoms in total. The van der Waals surface area contributed by atoms with E-state index in [0.717, 1.165) is 12.1 Å². The molecule has 0 fully saturated rings. The van der Waals surface area contributed by atoms with Crippen LogP contribution in [0.4, 0.5) is 11.4 Å². The molecule has 2 atom stereocenters. The van der Waals surface area contributed by atoms with E-state index in [9.17, 15) is 40.0 Å². The first-order valence-electron chi connectivity index (χ1n) is 12.3. The summed E-state index contributed by atoms with van der Waals surface area (Å²) in [6.07, 6.45) is 0.972. The Labute approximate surface area is 276 Å². The number of aliphatic hydroxyl groups is 2. The fourth-order valence-corrected chi connectivity index (χ4v) is 3.63.